The smallest absolute Gasteiger partial charge is 0.263 e. The Morgan fingerprint density at radius 1 is 1.25 bits per heavy atom. The summed E-state index contributed by atoms with van der Waals surface area (Å²) in [5, 5.41) is 0.690. The summed E-state index contributed by atoms with van der Waals surface area (Å²) in [6.45, 7) is 3.90. The summed E-state index contributed by atoms with van der Waals surface area (Å²) in [7, 11) is 0. The number of hydrazine groups is 1. The first kappa shape index (κ1) is 11.2. The number of amides is 1. The predicted octanol–water partition coefficient (Wildman–Crippen LogP) is 2.14. The molecule has 0 aliphatic carbocycles. The monoisotopic (exact) mass is 236 g/mol. The SMILES string of the molecule is CC1(C)NNC(=O)/C1=C\c1ccc(Cl)cc1. The van der Waals surface area contributed by atoms with Gasteiger partial charge in [-0.2, -0.15) is 0 Å². The van der Waals surface area contributed by atoms with E-state index in [-0.39, 0.29) is 11.4 Å². The van der Waals surface area contributed by atoms with Gasteiger partial charge in [0.25, 0.3) is 5.91 Å². The van der Waals surface area contributed by atoms with Gasteiger partial charge in [0.05, 0.1) is 5.54 Å². The van der Waals surface area contributed by atoms with Gasteiger partial charge in [-0.3, -0.25) is 10.2 Å². The van der Waals surface area contributed by atoms with Crippen LogP contribution in [0.3, 0.4) is 0 Å². The number of hydrogen-bond acceptors (Lipinski definition) is 2. The number of hydrogen-bond donors (Lipinski definition) is 2. The largest absolute Gasteiger partial charge is 0.287 e. The average molecular weight is 237 g/mol. The van der Waals surface area contributed by atoms with Gasteiger partial charge in [-0.1, -0.05) is 23.7 Å². The molecule has 1 saturated heterocycles. The average Bonchev–Trinajstić information content (AvgIpc) is 2.48. The van der Waals surface area contributed by atoms with Crippen molar-refractivity contribution in [1.82, 2.24) is 10.9 Å². The first-order valence-corrected chi connectivity index (χ1v) is 5.42. The molecule has 2 N–H and O–H groups in total. The van der Waals surface area contributed by atoms with E-state index in [2.05, 4.69) is 10.9 Å². The maximum atomic E-state index is 11.6. The summed E-state index contributed by atoms with van der Waals surface area (Å²) in [5.74, 6) is -0.0834. The summed E-state index contributed by atoms with van der Waals surface area (Å²) in [4.78, 5) is 11.6. The maximum Gasteiger partial charge on any atom is 0.263 e. The highest BCUT2D eigenvalue weighted by atomic mass is 35.5. The molecule has 1 amide bonds. The third-order valence-corrected chi connectivity index (χ3v) is 2.84. The van der Waals surface area contributed by atoms with Crippen LogP contribution < -0.4 is 10.9 Å². The van der Waals surface area contributed by atoms with Crippen LogP contribution in [0, 0.1) is 0 Å². The zero-order valence-electron chi connectivity index (χ0n) is 9.17. The number of nitrogens with one attached hydrogen (secondary N) is 2. The molecule has 0 spiro atoms. The number of carbonyl (C=O) groups excluding carboxylic acids is 1. The molecule has 0 unspecified atom stereocenters. The Kier molecular flexibility index (Phi) is 2.74. The molecule has 3 nitrogen and oxygen atoms in total. The van der Waals surface area contributed by atoms with Crippen LogP contribution in [0.2, 0.25) is 5.02 Å². The molecule has 1 aromatic rings. The van der Waals surface area contributed by atoms with Crippen LogP contribution in [0.4, 0.5) is 0 Å². The summed E-state index contributed by atoms with van der Waals surface area (Å²) >= 11 is 5.80. The van der Waals surface area contributed by atoms with Crippen molar-refractivity contribution in [1.29, 1.82) is 0 Å². The highest BCUT2D eigenvalue weighted by Crippen LogP contribution is 2.23. The molecule has 2 rings (SSSR count). The summed E-state index contributed by atoms with van der Waals surface area (Å²) in [6, 6.07) is 7.39. The van der Waals surface area contributed by atoms with Crippen molar-refractivity contribution in [2.24, 2.45) is 0 Å². The van der Waals surface area contributed by atoms with Gasteiger partial charge < -0.3 is 0 Å². The lowest BCUT2D eigenvalue weighted by molar-refractivity contribution is -0.116. The van der Waals surface area contributed by atoms with Gasteiger partial charge in [-0.15, -0.1) is 0 Å². The molecule has 1 fully saturated rings. The van der Waals surface area contributed by atoms with Gasteiger partial charge in [0, 0.05) is 10.6 Å². The molecular weight excluding hydrogens is 224 g/mol. The van der Waals surface area contributed by atoms with Crippen molar-refractivity contribution in [3.8, 4) is 0 Å². The van der Waals surface area contributed by atoms with E-state index in [1.165, 1.54) is 0 Å². The Morgan fingerprint density at radius 3 is 2.38 bits per heavy atom. The standard InChI is InChI=1S/C12H13ClN2O/c1-12(2)10(11(16)14-15-12)7-8-3-5-9(13)6-4-8/h3-7,15H,1-2H3,(H,14,16)/b10-7+. The molecular formula is C12H13ClN2O. The van der Waals surface area contributed by atoms with Crippen molar-refractivity contribution in [3.63, 3.8) is 0 Å². The molecule has 1 heterocycles. The zero-order chi connectivity index (χ0) is 11.8. The van der Waals surface area contributed by atoms with Crippen molar-refractivity contribution in [3.05, 3.63) is 40.4 Å². The second kappa shape index (κ2) is 3.92. The van der Waals surface area contributed by atoms with Gasteiger partial charge in [0.2, 0.25) is 0 Å². The van der Waals surface area contributed by atoms with Crippen molar-refractivity contribution < 1.29 is 4.79 Å². The molecule has 1 aromatic carbocycles. The molecule has 0 aromatic heterocycles. The van der Waals surface area contributed by atoms with E-state index < -0.39 is 0 Å². The molecule has 0 saturated carbocycles. The van der Waals surface area contributed by atoms with Crippen LogP contribution in [0.15, 0.2) is 29.8 Å². The first-order valence-electron chi connectivity index (χ1n) is 5.04. The predicted molar refractivity (Wildman–Crippen MR) is 64.8 cm³/mol. The normalized spacial score (nSPS) is 21.2. The highest BCUT2D eigenvalue weighted by molar-refractivity contribution is 6.30. The lowest BCUT2D eigenvalue weighted by Crippen LogP contribution is -2.38. The van der Waals surface area contributed by atoms with E-state index in [9.17, 15) is 4.79 Å². The van der Waals surface area contributed by atoms with E-state index in [0.29, 0.717) is 5.02 Å². The quantitative estimate of drug-likeness (QED) is 0.734. The van der Waals surface area contributed by atoms with Gasteiger partial charge in [-0.05, 0) is 37.6 Å². The lowest BCUT2D eigenvalue weighted by atomic mass is 9.94. The lowest BCUT2D eigenvalue weighted by Gasteiger charge is -2.16. The molecule has 0 radical (unpaired) electrons. The van der Waals surface area contributed by atoms with E-state index in [1.54, 1.807) is 12.1 Å². The Hall–Kier alpha value is -1.32. The Bertz CT molecular complexity index is 449. The van der Waals surface area contributed by atoms with Gasteiger partial charge >= 0.3 is 0 Å². The van der Waals surface area contributed by atoms with Gasteiger partial charge in [0.15, 0.2) is 0 Å². The summed E-state index contributed by atoms with van der Waals surface area (Å²) in [5.41, 5.74) is 6.87. The molecule has 0 atom stereocenters. The van der Waals surface area contributed by atoms with E-state index in [1.807, 2.05) is 32.1 Å². The van der Waals surface area contributed by atoms with Crippen molar-refractivity contribution in [2.75, 3.05) is 0 Å². The molecule has 16 heavy (non-hydrogen) atoms. The van der Waals surface area contributed by atoms with Crippen LogP contribution in [0.1, 0.15) is 19.4 Å². The fourth-order valence-electron chi connectivity index (χ4n) is 1.60. The third-order valence-electron chi connectivity index (χ3n) is 2.59. The Labute approximate surface area is 99.5 Å². The first-order chi connectivity index (χ1) is 7.49. The summed E-state index contributed by atoms with van der Waals surface area (Å²) < 4.78 is 0. The second-order valence-electron chi connectivity index (χ2n) is 4.31. The number of halogens is 1. The van der Waals surface area contributed by atoms with Crippen molar-refractivity contribution in [2.45, 2.75) is 19.4 Å². The molecule has 1 aliphatic rings. The van der Waals surface area contributed by atoms with Crippen LogP contribution >= 0.6 is 11.6 Å². The summed E-state index contributed by atoms with van der Waals surface area (Å²) in [6.07, 6.45) is 1.87. The molecule has 84 valence electrons. The number of carbonyl (C=O) groups is 1. The van der Waals surface area contributed by atoms with E-state index in [4.69, 9.17) is 11.6 Å². The zero-order valence-corrected chi connectivity index (χ0v) is 9.93. The molecule has 4 heteroatoms. The Morgan fingerprint density at radius 2 is 1.88 bits per heavy atom. The minimum absolute atomic E-state index is 0.0834. The topological polar surface area (TPSA) is 41.1 Å². The van der Waals surface area contributed by atoms with E-state index in [0.717, 1.165) is 11.1 Å². The van der Waals surface area contributed by atoms with Crippen LogP contribution in [0.5, 0.6) is 0 Å². The second-order valence-corrected chi connectivity index (χ2v) is 4.75. The van der Waals surface area contributed by atoms with Gasteiger partial charge in [-0.25, -0.2) is 5.43 Å². The Balaban J connectivity index is 2.36. The van der Waals surface area contributed by atoms with Crippen molar-refractivity contribution >= 4 is 23.6 Å². The van der Waals surface area contributed by atoms with Crippen LogP contribution in [0.25, 0.3) is 6.08 Å². The third kappa shape index (κ3) is 2.10. The van der Waals surface area contributed by atoms with E-state index >= 15 is 0 Å². The number of benzene rings is 1. The fourth-order valence-corrected chi connectivity index (χ4v) is 1.73. The minimum atomic E-state index is -0.350. The minimum Gasteiger partial charge on any atom is -0.287 e. The van der Waals surface area contributed by atoms with Gasteiger partial charge in [0.1, 0.15) is 0 Å². The molecule has 0 bridgehead atoms. The fraction of sp³-hybridized carbons (Fsp3) is 0.250. The maximum absolute atomic E-state index is 11.6. The van der Waals surface area contributed by atoms with Crippen LogP contribution in [-0.4, -0.2) is 11.4 Å². The van der Waals surface area contributed by atoms with Crippen LogP contribution in [-0.2, 0) is 4.79 Å². The molecule has 1 aliphatic heterocycles. The number of rotatable bonds is 1. The highest BCUT2D eigenvalue weighted by Gasteiger charge is 2.34.